The molecule has 2 bridgehead atoms. The van der Waals surface area contributed by atoms with Crippen LogP contribution in [-0.2, 0) is 34.3 Å². The predicted molar refractivity (Wildman–Crippen MR) is 194 cm³/mol. The molecule has 7 heteroatoms. The number of piperidine rings is 1. The lowest BCUT2D eigenvalue weighted by Crippen LogP contribution is -2.69. The average molecular weight is 677 g/mol. The number of aromatic hydroxyl groups is 1. The third-order valence-electron chi connectivity index (χ3n) is 12.6. The number of hydrogen-bond donors (Lipinski definition) is 1. The van der Waals surface area contributed by atoms with Gasteiger partial charge in [0, 0.05) is 55.1 Å². The first kappa shape index (κ1) is 33.3. The summed E-state index contributed by atoms with van der Waals surface area (Å²) in [4.78, 5) is 31.6. The van der Waals surface area contributed by atoms with Gasteiger partial charge in [-0.05, 0) is 100 Å². The standard InChI is InChI=1S/C43H52N2O5/c1-29(46)49-38-27-37(47)33-26-36-34-21-22-35(42-43(34,40(33)41(38)50-42)23-25-44(36)28-32-19-20-32)45(24-11-17-31-15-7-3-8-16-31)39(48)18-10-4-9-14-30-12-5-2-6-13-30/h2-3,5-8,12-13,15-16,27,32,34-36,42,47H,4,9-11,14,17-26,28H2,1H3/t34-,35-,36+,42-,43-/m0/s1. The van der Waals surface area contributed by atoms with E-state index in [1.165, 1.54) is 30.9 Å². The van der Waals surface area contributed by atoms with Gasteiger partial charge in [0.15, 0.2) is 11.5 Å². The Morgan fingerprint density at radius 3 is 2.36 bits per heavy atom. The second-order valence-electron chi connectivity index (χ2n) is 15.7. The summed E-state index contributed by atoms with van der Waals surface area (Å²) in [6.07, 6.45) is 12.4. The highest BCUT2D eigenvalue weighted by Gasteiger charge is 2.67. The number of carbonyl (C=O) groups excluding carboxylic acids is 2. The summed E-state index contributed by atoms with van der Waals surface area (Å²) in [6.45, 7) is 4.21. The largest absolute Gasteiger partial charge is 0.508 e. The van der Waals surface area contributed by atoms with Crippen LogP contribution >= 0.6 is 0 Å². The minimum absolute atomic E-state index is 0.0832. The number of phenolic OH excluding ortho intramolecular Hbond substituents is 1. The number of nitrogens with zero attached hydrogens (tertiary/aromatic N) is 2. The zero-order valence-electron chi connectivity index (χ0n) is 29.5. The van der Waals surface area contributed by atoms with Crippen molar-refractivity contribution >= 4 is 11.9 Å². The van der Waals surface area contributed by atoms with Crippen LogP contribution in [0.15, 0.2) is 66.7 Å². The van der Waals surface area contributed by atoms with Gasteiger partial charge in [-0.2, -0.15) is 0 Å². The molecule has 0 unspecified atom stereocenters. The van der Waals surface area contributed by atoms with E-state index in [2.05, 4.69) is 64.4 Å². The minimum atomic E-state index is -0.428. The van der Waals surface area contributed by atoms with Crippen LogP contribution in [0.5, 0.6) is 17.2 Å². The summed E-state index contributed by atoms with van der Waals surface area (Å²) in [5.41, 5.74) is 4.34. The topological polar surface area (TPSA) is 79.3 Å². The molecule has 1 saturated heterocycles. The van der Waals surface area contributed by atoms with Gasteiger partial charge in [-0.1, -0.05) is 67.1 Å². The second-order valence-corrected chi connectivity index (χ2v) is 15.7. The number of likely N-dealkylation sites (tertiary alicyclic amines) is 1. The lowest BCUT2D eigenvalue weighted by Gasteiger charge is -2.60. The van der Waals surface area contributed by atoms with E-state index < -0.39 is 5.97 Å². The smallest absolute Gasteiger partial charge is 0.308 e. The van der Waals surface area contributed by atoms with Crippen molar-refractivity contribution in [2.45, 2.75) is 114 Å². The van der Waals surface area contributed by atoms with Crippen molar-refractivity contribution in [2.75, 3.05) is 19.6 Å². The Bertz CT molecular complexity index is 1690. The molecular weight excluding hydrogens is 624 g/mol. The van der Waals surface area contributed by atoms with E-state index in [1.807, 2.05) is 6.07 Å². The molecule has 7 nitrogen and oxygen atoms in total. The summed E-state index contributed by atoms with van der Waals surface area (Å²) in [7, 11) is 0. The zero-order valence-corrected chi connectivity index (χ0v) is 29.5. The fourth-order valence-corrected chi connectivity index (χ4v) is 10.2. The molecule has 1 N–H and O–H groups in total. The van der Waals surface area contributed by atoms with E-state index in [4.69, 9.17) is 9.47 Å². The highest BCUT2D eigenvalue weighted by molar-refractivity contribution is 5.77. The Hall–Kier alpha value is -3.84. The van der Waals surface area contributed by atoms with E-state index in [0.29, 0.717) is 36.4 Å². The lowest BCUT2D eigenvalue weighted by molar-refractivity contribution is -0.143. The maximum Gasteiger partial charge on any atom is 0.308 e. The fourth-order valence-electron chi connectivity index (χ4n) is 10.2. The van der Waals surface area contributed by atoms with Gasteiger partial charge < -0.3 is 19.5 Å². The fraction of sp³-hybridized carbons (Fsp3) is 0.535. The summed E-state index contributed by atoms with van der Waals surface area (Å²) in [6, 6.07) is 23.0. The van der Waals surface area contributed by atoms with Crippen molar-refractivity contribution in [1.82, 2.24) is 9.80 Å². The lowest BCUT2D eigenvalue weighted by atomic mass is 9.50. The molecule has 5 atom stereocenters. The third kappa shape index (κ3) is 6.31. The van der Waals surface area contributed by atoms with E-state index in [1.54, 1.807) is 6.07 Å². The van der Waals surface area contributed by atoms with E-state index in [9.17, 15) is 14.7 Å². The van der Waals surface area contributed by atoms with Crippen molar-refractivity contribution in [1.29, 1.82) is 0 Å². The number of esters is 1. The number of unbranched alkanes of at least 4 members (excludes halogenated alkanes) is 2. The van der Waals surface area contributed by atoms with Gasteiger partial charge in [-0.15, -0.1) is 0 Å². The zero-order chi connectivity index (χ0) is 34.2. The minimum Gasteiger partial charge on any atom is -0.508 e. The molecule has 8 rings (SSSR count). The van der Waals surface area contributed by atoms with Crippen molar-refractivity contribution in [3.63, 3.8) is 0 Å². The third-order valence-corrected chi connectivity index (χ3v) is 12.6. The monoisotopic (exact) mass is 676 g/mol. The Morgan fingerprint density at radius 2 is 1.66 bits per heavy atom. The van der Waals surface area contributed by atoms with Gasteiger partial charge >= 0.3 is 5.97 Å². The molecule has 2 aliphatic heterocycles. The van der Waals surface area contributed by atoms with Gasteiger partial charge in [0.1, 0.15) is 11.9 Å². The van der Waals surface area contributed by atoms with Crippen molar-refractivity contribution in [2.24, 2.45) is 11.8 Å². The molecule has 3 aliphatic carbocycles. The molecule has 2 saturated carbocycles. The number of ether oxygens (including phenoxy) is 2. The summed E-state index contributed by atoms with van der Waals surface area (Å²) < 4.78 is 12.8. The van der Waals surface area contributed by atoms with Crippen LogP contribution in [0.2, 0.25) is 0 Å². The van der Waals surface area contributed by atoms with Crippen LogP contribution in [0.3, 0.4) is 0 Å². The molecular formula is C43H52N2O5. The molecule has 0 aromatic heterocycles. The highest BCUT2D eigenvalue weighted by Crippen LogP contribution is 2.66. The molecule has 1 amide bonds. The molecule has 3 fully saturated rings. The van der Waals surface area contributed by atoms with Crippen LogP contribution in [0.1, 0.15) is 93.4 Å². The summed E-state index contributed by atoms with van der Waals surface area (Å²) in [5, 5.41) is 11.5. The molecule has 5 aliphatic rings. The number of rotatable bonds is 14. The van der Waals surface area contributed by atoms with Crippen LogP contribution in [0.25, 0.3) is 0 Å². The van der Waals surface area contributed by atoms with Gasteiger partial charge in [0.2, 0.25) is 5.91 Å². The van der Waals surface area contributed by atoms with Gasteiger partial charge in [0.05, 0.1) is 6.04 Å². The van der Waals surface area contributed by atoms with E-state index in [0.717, 1.165) is 94.3 Å². The number of phenols is 1. The second kappa shape index (κ2) is 14.1. The van der Waals surface area contributed by atoms with E-state index in [-0.39, 0.29) is 29.2 Å². The number of hydrogen-bond acceptors (Lipinski definition) is 6. The normalized spacial score (nSPS) is 26.2. The predicted octanol–water partition coefficient (Wildman–Crippen LogP) is 7.40. The van der Waals surface area contributed by atoms with Gasteiger partial charge in [-0.3, -0.25) is 14.5 Å². The number of benzene rings is 3. The number of amides is 1. The quantitative estimate of drug-likeness (QED) is 0.109. The molecule has 264 valence electrons. The highest BCUT2D eigenvalue weighted by atomic mass is 16.6. The van der Waals surface area contributed by atoms with E-state index >= 15 is 0 Å². The Morgan fingerprint density at radius 1 is 0.940 bits per heavy atom. The maximum atomic E-state index is 14.4. The summed E-state index contributed by atoms with van der Waals surface area (Å²) in [5.74, 6) is 2.10. The van der Waals surface area contributed by atoms with Crippen molar-refractivity contribution in [3.8, 4) is 17.2 Å². The summed E-state index contributed by atoms with van der Waals surface area (Å²) >= 11 is 0. The molecule has 3 aromatic rings. The van der Waals surface area contributed by atoms with Crippen molar-refractivity contribution < 1.29 is 24.2 Å². The van der Waals surface area contributed by atoms with Crippen LogP contribution in [0, 0.1) is 11.8 Å². The van der Waals surface area contributed by atoms with Crippen LogP contribution < -0.4 is 9.47 Å². The molecule has 2 heterocycles. The SMILES string of the molecule is CC(=O)Oc1cc(O)c2c3c1O[C@H]1[C@@H](N(CCCc4ccccc4)C(=O)CCCCCc4ccccc4)CC[C@H]4[C@@H](C2)N(CC2CC2)CC[C@@]341. The Kier molecular flexibility index (Phi) is 9.36. The van der Waals surface area contributed by atoms with Gasteiger partial charge in [0.25, 0.3) is 0 Å². The first-order valence-corrected chi connectivity index (χ1v) is 19.3. The first-order chi connectivity index (χ1) is 24.4. The van der Waals surface area contributed by atoms with Crippen LogP contribution in [0.4, 0.5) is 0 Å². The maximum absolute atomic E-state index is 14.4. The van der Waals surface area contributed by atoms with Crippen LogP contribution in [-0.4, -0.2) is 64.6 Å². The average Bonchev–Trinajstić information content (AvgIpc) is 3.87. The first-order valence-electron chi connectivity index (χ1n) is 19.3. The van der Waals surface area contributed by atoms with Crippen molar-refractivity contribution in [3.05, 3.63) is 89.0 Å². The number of carbonyl (C=O) groups is 2. The molecule has 1 spiro atoms. The molecule has 50 heavy (non-hydrogen) atoms. The van der Waals surface area contributed by atoms with Gasteiger partial charge in [-0.25, -0.2) is 0 Å². The molecule has 3 aromatic carbocycles. The molecule has 0 radical (unpaired) electrons. The number of aryl methyl sites for hydroxylation is 2. The Balaban J connectivity index is 1.08. The Labute approximate surface area is 297 Å².